The monoisotopic (exact) mass is 370 g/mol. The number of hydrogen-bond acceptors (Lipinski definition) is 6. The molecular formula is C19H19FN4O3. The molecule has 8 heteroatoms. The van der Waals surface area contributed by atoms with Gasteiger partial charge >= 0.3 is 0 Å². The lowest BCUT2D eigenvalue weighted by atomic mass is 10.1. The van der Waals surface area contributed by atoms with Crippen LogP contribution in [0, 0.1) is 5.82 Å². The van der Waals surface area contributed by atoms with Crippen molar-refractivity contribution < 1.29 is 18.4 Å². The first kappa shape index (κ1) is 18.5. The van der Waals surface area contributed by atoms with E-state index in [1.54, 1.807) is 24.3 Å². The lowest BCUT2D eigenvalue weighted by Gasteiger charge is -2.08. The van der Waals surface area contributed by atoms with Crippen LogP contribution in [0.15, 0.2) is 41.1 Å². The Bertz CT molecular complexity index is 938. The minimum absolute atomic E-state index is 0.121. The molecule has 1 amide bonds. The van der Waals surface area contributed by atoms with Gasteiger partial charge in [-0.15, -0.1) is 0 Å². The molecule has 0 saturated heterocycles. The van der Waals surface area contributed by atoms with Crippen LogP contribution >= 0.6 is 0 Å². The van der Waals surface area contributed by atoms with Crippen LogP contribution in [0.25, 0.3) is 11.3 Å². The topological polar surface area (TPSA) is 90.1 Å². The SMILES string of the molecule is COc1cccc(-c2ccc(C(=O)NCc3noc(C(C)C)n3)cn2)c1F. The number of nitrogens with zero attached hydrogens (tertiary/aromatic N) is 3. The Balaban J connectivity index is 1.68. The minimum Gasteiger partial charge on any atom is -0.494 e. The summed E-state index contributed by atoms with van der Waals surface area (Å²) in [6.07, 6.45) is 1.39. The zero-order chi connectivity index (χ0) is 19.4. The standard InChI is InChI=1S/C19H19FN4O3/c1-11(2)19-23-16(24-27-19)10-22-18(25)12-7-8-14(21-9-12)13-5-4-6-15(26-3)17(13)20/h4-9,11H,10H2,1-3H3,(H,22,25). The van der Waals surface area contributed by atoms with E-state index in [2.05, 4.69) is 20.4 Å². The van der Waals surface area contributed by atoms with E-state index in [0.29, 0.717) is 28.5 Å². The van der Waals surface area contributed by atoms with Gasteiger partial charge in [0.2, 0.25) is 5.89 Å². The van der Waals surface area contributed by atoms with Crippen molar-refractivity contribution in [2.75, 3.05) is 7.11 Å². The quantitative estimate of drug-likeness (QED) is 0.716. The van der Waals surface area contributed by atoms with Crippen molar-refractivity contribution >= 4 is 5.91 Å². The summed E-state index contributed by atoms with van der Waals surface area (Å²) in [5.74, 6) is 0.340. The van der Waals surface area contributed by atoms with Gasteiger partial charge < -0.3 is 14.6 Å². The Hall–Kier alpha value is -3.29. The van der Waals surface area contributed by atoms with Crippen molar-refractivity contribution in [3.8, 4) is 17.0 Å². The molecule has 140 valence electrons. The third-order valence-electron chi connectivity index (χ3n) is 3.87. The summed E-state index contributed by atoms with van der Waals surface area (Å²) >= 11 is 0. The second-order valence-corrected chi connectivity index (χ2v) is 6.14. The molecule has 0 unspecified atom stereocenters. The molecular weight excluding hydrogens is 351 g/mol. The van der Waals surface area contributed by atoms with Crippen LogP contribution in [0.2, 0.25) is 0 Å². The summed E-state index contributed by atoms with van der Waals surface area (Å²) in [7, 11) is 1.40. The molecule has 3 aromatic rings. The summed E-state index contributed by atoms with van der Waals surface area (Å²) in [5, 5.41) is 6.51. The molecule has 0 bridgehead atoms. The molecule has 0 saturated carbocycles. The van der Waals surface area contributed by atoms with Crippen LogP contribution in [-0.4, -0.2) is 28.1 Å². The Morgan fingerprint density at radius 2 is 2.11 bits per heavy atom. The number of benzene rings is 1. The number of ether oxygens (including phenoxy) is 1. The van der Waals surface area contributed by atoms with Gasteiger partial charge in [-0.05, 0) is 24.3 Å². The number of aromatic nitrogens is 3. The summed E-state index contributed by atoms with van der Waals surface area (Å²) in [6, 6.07) is 7.96. The number of carbonyl (C=O) groups excluding carboxylic acids is 1. The van der Waals surface area contributed by atoms with Gasteiger partial charge in [-0.1, -0.05) is 25.1 Å². The molecule has 0 aliphatic carbocycles. The molecule has 3 rings (SSSR count). The maximum atomic E-state index is 14.3. The Labute approximate surface area is 155 Å². The van der Waals surface area contributed by atoms with E-state index in [4.69, 9.17) is 9.26 Å². The van der Waals surface area contributed by atoms with Gasteiger partial charge in [0.15, 0.2) is 17.4 Å². The van der Waals surface area contributed by atoms with Crippen LogP contribution in [0.1, 0.15) is 41.8 Å². The van der Waals surface area contributed by atoms with Crippen LogP contribution in [0.4, 0.5) is 4.39 Å². The smallest absolute Gasteiger partial charge is 0.253 e. The fourth-order valence-electron chi connectivity index (χ4n) is 2.39. The zero-order valence-electron chi connectivity index (χ0n) is 15.2. The van der Waals surface area contributed by atoms with Gasteiger partial charge in [-0.25, -0.2) is 4.39 Å². The molecule has 0 aliphatic heterocycles. The lowest BCUT2D eigenvalue weighted by molar-refractivity contribution is 0.0949. The number of pyridine rings is 1. The van der Waals surface area contributed by atoms with Crippen LogP contribution in [-0.2, 0) is 6.54 Å². The highest BCUT2D eigenvalue weighted by molar-refractivity contribution is 5.94. The number of hydrogen-bond donors (Lipinski definition) is 1. The largest absolute Gasteiger partial charge is 0.494 e. The number of carbonyl (C=O) groups is 1. The van der Waals surface area contributed by atoms with Gasteiger partial charge in [0.05, 0.1) is 24.9 Å². The summed E-state index contributed by atoms with van der Waals surface area (Å²) < 4.78 is 24.4. The van der Waals surface area contributed by atoms with E-state index in [9.17, 15) is 9.18 Å². The molecule has 0 atom stereocenters. The number of halogens is 1. The summed E-state index contributed by atoms with van der Waals surface area (Å²) in [5.41, 5.74) is 1.05. The highest BCUT2D eigenvalue weighted by Gasteiger charge is 2.14. The number of amides is 1. The fourth-order valence-corrected chi connectivity index (χ4v) is 2.39. The Morgan fingerprint density at radius 1 is 1.30 bits per heavy atom. The molecule has 0 radical (unpaired) electrons. The van der Waals surface area contributed by atoms with Crippen LogP contribution < -0.4 is 10.1 Å². The number of methoxy groups -OCH3 is 1. The van der Waals surface area contributed by atoms with Gasteiger partial charge in [-0.3, -0.25) is 9.78 Å². The van der Waals surface area contributed by atoms with Crippen molar-refractivity contribution in [3.63, 3.8) is 0 Å². The maximum Gasteiger partial charge on any atom is 0.253 e. The Kier molecular flexibility index (Phi) is 5.44. The molecule has 0 aliphatic rings. The van der Waals surface area contributed by atoms with E-state index < -0.39 is 5.82 Å². The summed E-state index contributed by atoms with van der Waals surface area (Å²) in [6.45, 7) is 4.02. The van der Waals surface area contributed by atoms with E-state index in [1.165, 1.54) is 19.4 Å². The number of nitrogens with one attached hydrogen (secondary N) is 1. The molecule has 0 spiro atoms. The van der Waals surface area contributed by atoms with E-state index in [1.807, 2.05) is 13.8 Å². The second kappa shape index (κ2) is 7.94. The zero-order valence-corrected chi connectivity index (χ0v) is 15.2. The molecule has 27 heavy (non-hydrogen) atoms. The average Bonchev–Trinajstić information content (AvgIpc) is 3.16. The first-order valence-electron chi connectivity index (χ1n) is 8.39. The van der Waals surface area contributed by atoms with Crippen molar-refractivity contribution in [2.24, 2.45) is 0 Å². The highest BCUT2D eigenvalue weighted by Crippen LogP contribution is 2.27. The van der Waals surface area contributed by atoms with Gasteiger partial charge in [0, 0.05) is 17.7 Å². The Morgan fingerprint density at radius 3 is 2.74 bits per heavy atom. The van der Waals surface area contributed by atoms with Gasteiger partial charge in [0.1, 0.15) is 0 Å². The summed E-state index contributed by atoms with van der Waals surface area (Å²) in [4.78, 5) is 20.6. The minimum atomic E-state index is -0.497. The third kappa shape index (κ3) is 4.11. The highest BCUT2D eigenvalue weighted by atomic mass is 19.1. The van der Waals surface area contributed by atoms with Crippen molar-refractivity contribution in [1.29, 1.82) is 0 Å². The third-order valence-corrected chi connectivity index (χ3v) is 3.87. The van der Waals surface area contributed by atoms with Crippen molar-refractivity contribution in [2.45, 2.75) is 26.3 Å². The molecule has 7 nitrogen and oxygen atoms in total. The molecule has 2 aromatic heterocycles. The molecule has 1 aromatic carbocycles. The maximum absolute atomic E-state index is 14.3. The van der Waals surface area contributed by atoms with Crippen LogP contribution in [0.5, 0.6) is 5.75 Å². The van der Waals surface area contributed by atoms with Gasteiger partial charge in [-0.2, -0.15) is 4.98 Å². The predicted molar refractivity (Wildman–Crippen MR) is 95.7 cm³/mol. The van der Waals surface area contributed by atoms with Crippen molar-refractivity contribution in [3.05, 3.63) is 59.6 Å². The second-order valence-electron chi connectivity index (χ2n) is 6.14. The van der Waals surface area contributed by atoms with E-state index in [-0.39, 0.29) is 24.1 Å². The first-order chi connectivity index (χ1) is 13.0. The molecule has 2 heterocycles. The lowest BCUT2D eigenvalue weighted by Crippen LogP contribution is -2.23. The predicted octanol–water partition coefficient (Wildman–Crippen LogP) is 3.33. The normalized spacial score (nSPS) is 10.9. The van der Waals surface area contributed by atoms with Crippen LogP contribution in [0.3, 0.4) is 0 Å². The molecule has 1 N–H and O–H groups in total. The first-order valence-corrected chi connectivity index (χ1v) is 8.39. The average molecular weight is 370 g/mol. The van der Waals surface area contributed by atoms with Crippen molar-refractivity contribution in [1.82, 2.24) is 20.4 Å². The van der Waals surface area contributed by atoms with E-state index >= 15 is 0 Å². The van der Waals surface area contributed by atoms with E-state index in [0.717, 1.165) is 0 Å². The number of rotatable bonds is 6. The fraction of sp³-hybridized carbons (Fsp3) is 0.263. The molecule has 0 fully saturated rings. The van der Waals surface area contributed by atoms with Gasteiger partial charge in [0.25, 0.3) is 5.91 Å².